The maximum Gasteiger partial charge on any atom is 0.267 e. The van der Waals surface area contributed by atoms with Crippen LogP contribution in [0.15, 0.2) is 70.7 Å². The summed E-state index contributed by atoms with van der Waals surface area (Å²) in [5.41, 5.74) is -0.0414. The van der Waals surface area contributed by atoms with Crippen LogP contribution in [0.5, 0.6) is 5.88 Å². The maximum absolute atomic E-state index is 12.9. The number of aliphatic imine (C=N–C) groups is 1. The molecule has 0 saturated heterocycles. The predicted molar refractivity (Wildman–Crippen MR) is 111 cm³/mol. The molecule has 0 saturated carbocycles. The number of halogens is 2. The number of rotatable bonds is 3. The Kier molecular flexibility index (Phi) is 4.81. The summed E-state index contributed by atoms with van der Waals surface area (Å²) in [4.78, 5) is 25.5. The number of pyridine rings is 3. The summed E-state index contributed by atoms with van der Waals surface area (Å²) in [6.07, 6.45) is 4.38. The number of hydrogen-bond donors (Lipinski definition) is 1. The van der Waals surface area contributed by atoms with Crippen molar-refractivity contribution in [2.75, 3.05) is 0 Å². The lowest BCUT2D eigenvalue weighted by Crippen LogP contribution is -2.20. The average molecular weight is 411 g/mol. The van der Waals surface area contributed by atoms with Crippen LogP contribution in [0, 0.1) is 0 Å². The number of aromatic hydroxyl groups is 1. The monoisotopic (exact) mass is 410 g/mol. The number of benzene rings is 1. The third kappa shape index (κ3) is 3.24. The summed E-state index contributed by atoms with van der Waals surface area (Å²) < 4.78 is 1.14. The van der Waals surface area contributed by atoms with Gasteiger partial charge >= 0.3 is 0 Å². The Labute approximate surface area is 169 Å². The van der Waals surface area contributed by atoms with Crippen molar-refractivity contribution in [3.8, 4) is 11.7 Å². The van der Waals surface area contributed by atoms with Crippen molar-refractivity contribution in [2.45, 2.75) is 0 Å². The molecule has 0 bridgehead atoms. The van der Waals surface area contributed by atoms with E-state index in [1.807, 2.05) is 0 Å². The van der Waals surface area contributed by atoms with Crippen LogP contribution < -0.4 is 5.56 Å². The fourth-order valence-corrected chi connectivity index (χ4v) is 3.24. The van der Waals surface area contributed by atoms with Crippen LogP contribution in [-0.4, -0.2) is 25.9 Å². The molecule has 0 unspecified atom stereocenters. The van der Waals surface area contributed by atoms with Crippen LogP contribution in [0.1, 0.15) is 5.56 Å². The summed E-state index contributed by atoms with van der Waals surface area (Å²) >= 11 is 12.0. The predicted octanol–water partition coefficient (Wildman–Crippen LogP) is 4.54. The third-order valence-corrected chi connectivity index (χ3v) is 4.57. The van der Waals surface area contributed by atoms with E-state index in [-0.39, 0.29) is 22.3 Å². The van der Waals surface area contributed by atoms with Gasteiger partial charge in [-0.3, -0.25) is 4.79 Å². The summed E-state index contributed by atoms with van der Waals surface area (Å²) in [6.45, 7) is 0. The van der Waals surface area contributed by atoms with Gasteiger partial charge < -0.3 is 5.11 Å². The minimum absolute atomic E-state index is 0.241. The molecule has 0 atom stereocenters. The van der Waals surface area contributed by atoms with Crippen molar-refractivity contribution < 1.29 is 5.11 Å². The molecule has 0 aliphatic heterocycles. The number of nitrogens with zero attached hydrogens (tertiary/aromatic N) is 4. The van der Waals surface area contributed by atoms with Gasteiger partial charge in [-0.1, -0.05) is 47.5 Å². The Morgan fingerprint density at radius 1 is 1.04 bits per heavy atom. The van der Waals surface area contributed by atoms with Gasteiger partial charge in [0, 0.05) is 29.4 Å². The third-order valence-electron chi connectivity index (χ3n) is 4.09. The molecule has 4 rings (SSSR count). The van der Waals surface area contributed by atoms with Crippen LogP contribution in [0.4, 0.5) is 5.82 Å². The smallest absolute Gasteiger partial charge is 0.267 e. The van der Waals surface area contributed by atoms with Crippen LogP contribution >= 0.6 is 23.2 Å². The second-order valence-corrected chi connectivity index (χ2v) is 6.67. The zero-order chi connectivity index (χ0) is 19.7. The lowest BCUT2D eigenvalue weighted by molar-refractivity contribution is 0.435. The highest BCUT2D eigenvalue weighted by Gasteiger charge is 2.17. The SMILES string of the molecule is O=c1c2ccccc2c(/C=N/c2ncc(Cl)cc2Cl)c(O)n1-c1ccccn1. The summed E-state index contributed by atoms with van der Waals surface area (Å²) in [6, 6.07) is 13.6. The molecule has 1 aromatic carbocycles. The summed E-state index contributed by atoms with van der Waals surface area (Å²) in [7, 11) is 0. The Balaban J connectivity index is 1.97. The van der Waals surface area contributed by atoms with Gasteiger partial charge in [0.1, 0.15) is 5.82 Å². The highest BCUT2D eigenvalue weighted by molar-refractivity contribution is 6.35. The lowest BCUT2D eigenvalue weighted by atomic mass is 10.1. The second-order valence-electron chi connectivity index (χ2n) is 5.83. The molecule has 0 aliphatic rings. The van der Waals surface area contributed by atoms with E-state index in [1.54, 1.807) is 48.7 Å². The first kappa shape index (κ1) is 18.2. The van der Waals surface area contributed by atoms with Crippen LogP contribution in [0.3, 0.4) is 0 Å². The fourth-order valence-electron chi connectivity index (χ4n) is 2.82. The molecule has 0 spiro atoms. The molecule has 3 aromatic heterocycles. The summed E-state index contributed by atoms with van der Waals surface area (Å²) in [5.74, 6) is 0.259. The molecule has 0 fully saturated rings. The Morgan fingerprint density at radius 2 is 1.79 bits per heavy atom. The molecule has 0 amide bonds. The molecule has 1 N–H and O–H groups in total. The Hall–Kier alpha value is -3.22. The van der Waals surface area contributed by atoms with E-state index in [2.05, 4.69) is 15.0 Å². The normalized spacial score (nSPS) is 11.4. The van der Waals surface area contributed by atoms with Crippen LogP contribution in [0.25, 0.3) is 16.6 Å². The van der Waals surface area contributed by atoms with Gasteiger partial charge in [0.15, 0.2) is 5.82 Å². The molecule has 6 nitrogen and oxygen atoms in total. The first-order valence-corrected chi connectivity index (χ1v) is 8.95. The zero-order valence-electron chi connectivity index (χ0n) is 14.3. The number of aromatic nitrogens is 3. The van der Waals surface area contributed by atoms with Crippen molar-refractivity contribution in [2.24, 2.45) is 4.99 Å². The average Bonchev–Trinajstić information content (AvgIpc) is 2.70. The van der Waals surface area contributed by atoms with E-state index in [0.29, 0.717) is 27.2 Å². The Bertz CT molecular complexity index is 1270. The molecule has 0 aliphatic carbocycles. The minimum atomic E-state index is -0.383. The molecule has 4 aromatic rings. The number of fused-ring (bicyclic) bond motifs is 1. The highest BCUT2D eigenvalue weighted by atomic mass is 35.5. The fraction of sp³-hybridized carbons (Fsp3) is 0. The zero-order valence-corrected chi connectivity index (χ0v) is 15.8. The topological polar surface area (TPSA) is 80.4 Å². The molecular formula is C20H12Cl2N4O2. The maximum atomic E-state index is 12.9. The second kappa shape index (κ2) is 7.42. The van der Waals surface area contributed by atoms with Gasteiger partial charge in [-0.15, -0.1) is 0 Å². The van der Waals surface area contributed by atoms with Gasteiger partial charge in [-0.05, 0) is 24.3 Å². The van der Waals surface area contributed by atoms with Gasteiger partial charge in [0.25, 0.3) is 5.56 Å². The standard InChI is InChI=1S/C20H12Cl2N4O2/c21-12-9-16(22)18(24-10-12)25-11-15-13-5-1-2-6-14(13)19(27)26(20(15)28)17-7-3-4-8-23-17/h1-11,28H/b25-11+. The molecule has 3 heterocycles. The van der Waals surface area contributed by atoms with E-state index in [4.69, 9.17) is 23.2 Å². The summed E-state index contributed by atoms with van der Waals surface area (Å²) in [5, 5.41) is 12.5. The van der Waals surface area contributed by atoms with Gasteiger partial charge in [-0.2, -0.15) is 0 Å². The molecule has 28 heavy (non-hydrogen) atoms. The quantitative estimate of drug-likeness (QED) is 0.502. The largest absolute Gasteiger partial charge is 0.494 e. The van der Waals surface area contributed by atoms with Crippen molar-refractivity contribution >= 4 is 46.0 Å². The van der Waals surface area contributed by atoms with Crippen LogP contribution in [-0.2, 0) is 0 Å². The van der Waals surface area contributed by atoms with Crippen molar-refractivity contribution in [1.82, 2.24) is 14.5 Å². The van der Waals surface area contributed by atoms with E-state index in [1.165, 1.54) is 18.5 Å². The Morgan fingerprint density at radius 3 is 2.50 bits per heavy atom. The first-order chi connectivity index (χ1) is 13.6. The van der Waals surface area contributed by atoms with Crippen molar-refractivity contribution in [3.05, 3.63) is 86.9 Å². The van der Waals surface area contributed by atoms with Crippen molar-refractivity contribution in [1.29, 1.82) is 0 Å². The van der Waals surface area contributed by atoms with Gasteiger partial charge in [0.2, 0.25) is 5.88 Å². The molecule has 8 heteroatoms. The van der Waals surface area contributed by atoms with E-state index in [0.717, 1.165) is 4.57 Å². The highest BCUT2D eigenvalue weighted by Crippen LogP contribution is 2.28. The molecule has 0 radical (unpaired) electrons. The minimum Gasteiger partial charge on any atom is -0.494 e. The first-order valence-electron chi connectivity index (χ1n) is 8.19. The number of hydrogen-bond acceptors (Lipinski definition) is 5. The molecule has 138 valence electrons. The van der Waals surface area contributed by atoms with Crippen molar-refractivity contribution in [3.63, 3.8) is 0 Å². The van der Waals surface area contributed by atoms with E-state index >= 15 is 0 Å². The van der Waals surface area contributed by atoms with Gasteiger partial charge in [-0.25, -0.2) is 19.5 Å². The van der Waals surface area contributed by atoms with Crippen LogP contribution in [0.2, 0.25) is 10.0 Å². The molecular weight excluding hydrogens is 399 g/mol. The van der Waals surface area contributed by atoms with E-state index in [9.17, 15) is 9.90 Å². The lowest BCUT2D eigenvalue weighted by Gasteiger charge is -2.12. The van der Waals surface area contributed by atoms with E-state index < -0.39 is 0 Å². The van der Waals surface area contributed by atoms with Gasteiger partial charge in [0.05, 0.1) is 15.6 Å².